The Kier molecular flexibility index (Phi) is 4.09. The van der Waals surface area contributed by atoms with Gasteiger partial charge in [-0.05, 0) is 31.0 Å². The van der Waals surface area contributed by atoms with Gasteiger partial charge < -0.3 is 10.1 Å². The van der Waals surface area contributed by atoms with Crippen LogP contribution >= 0.6 is 23.2 Å². The largest absolute Gasteiger partial charge is 0.372 e. The van der Waals surface area contributed by atoms with Gasteiger partial charge in [-0.25, -0.2) is 0 Å². The van der Waals surface area contributed by atoms with Crippen LogP contribution in [0, 0.1) is 0 Å². The van der Waals surface area contributed by atoms with Crippen molar-refractivity contribution in [2.24, 2.45) is 0 Å². The summed E-state index contributed by atoms with van der Waals surface area (Å²) in [5.41, 5.74) is 1.16. The van der Waals surface area contributed by atoms with Crippen LogP contribution in [-0.2, 0) is 11.2 Å². The van der Waals surface area contributed by atoms with Gasteiger partial charge in [-0.2, -0.15) is 0 Å². The molecule has 16 heavy (non-hydrogen) atoms. The Hall–Kier alpha value is -0.280. The van der Waals surface area contributed by atoms with E-state index in [-0.39, 0.29) is 12.2 Å². The highest BCUT2D eigenvalue weighted by atomic mass is 35.5. The van der Waals surface area contributed by atoms with Crippen molar-refractivity contribution in [2.75, 3.05) is 13.1 Å². The SMILES string of the molecule is CC1CNCC(Cc2ccc(Cl)c(Cl)c2)O1. The fourth-order valence-electron chi connectivity index (χ4n) is 1.92. The predicted molar refractivity (Wildman–Crippen MR) is 67.4 cm³/mol. The summed E-state index contributed by atoms with van der Waals surface area (Å²) >= 11 is 11.8. The highest BCUT2D eigenvalue weighted by molar-refractivity contribution is 6.42. The predicted octanol–water partition coefficient (Wildman–Crippen LogP) is 2.91. The Balaban J connectivity index is 2.00. The molecule has 2 nitrogen and oxygen atoms in total. The standard InChI is InChI=1S/C12H15Cl2NO/c1-8-6-15-7-10(16-8)4-9-2-3-11(13)12(14)5-9/h2-3,5,8,10,15H,4,6-7H2,1H3. The first kappa shape index (κ1) is 12.2. The number of benzene rings is 1. The van der Waals surface area contributed by atoms with Crippen LogP contribution in [0.15, 0.2) is 18.2 Å². The molecule has 1 heterocycles. The number of hydrogen-bond acceptors (Lipinski definition) is 2. The monoisotopic (exact) mass is 259 g/mol. The molecule has 2 unspecified atom stereocenters. The number of halogens is 2. The van der Waals surface area contributed by atoms with E-state index in [4.69, 9.17) is 27.9 Å². The van der Waals surface area contributed by atoms with Gasteiger partial charge in [0.1, 0.15) is 0 Å². The van der Waals surface area contributed by atoms with Gasteiger partial charge in [-0.1, -0.05) is 29.3 Å². The quantitative estimate of drug-likeness (QED) is 0.882. The lowest BCUT2D eigenvalue weighted by molar-refractivity contribution is -0.0262. The van der Waals surface area contributed by atoms with Gasteiger partial charge >= 0.3 is 0 Å². The topological polar surface area (TPSA) is 21.3 Å². The normalized spacial score (nSPS) is 25.7. The van der Waals surface area contributed by atoms with Gasteiger partial charge in [-0.15, -0.1) is 0 Å². The van der Waals surface area contributed by atoms with Crippen molar-refractivity contribution < 1.29 is 4.74 Å². The Labute approximate surface area is 106 Å². The molecule has 0 spiro atoms. The van der Waals surface area contributed by atoms with Crippen LogP contribution in [0.2, 0.25) is 10.0 Å². The van der Waals surface area contributed by atoms with E-state index in [0.29, 0.717) is 10.0 Å². The molecule has 2 atom stereocenters. The molecule has 1 aromatic rings. The molecule has 4 heteroatoms. The summed E-state index contributed by atoms with van der Waals surface area (Å²) in [4.78, 5) is 0. The van der Waals surface area contributed by atoms with Crippen molar-refractivity contribution in [3.63, 3.8) is 0 Å². The average molecular weight is 260 g/mol. The molecule has 0 amide bonds. The van der Waals surface area contributed by atoms with Crippen LogP contribution in [0.25, 0.3) is 0 Å². The summed E-state index contributed by atoms with van der Waals surface area (Å²) in [6, 6.07) is 5.74. The number of morpholine rings is 1. The van der Waals surface area contributed by atoms with Gasteiger partial charge in [-0.3, -0.25) is 0 Å². The van der Waals surface area contributed by atoms with E-state index in [1.54, 1.807) is 0 Å². The zero-order chi connectivity index (χ0) is 11.5. The third-order valence-corrected chi connectivity index (χ3v) is 3.41. The molecule has 1 aromatic carbocycles. The van der Waals surface area contributed by atoms with Gasteiger partial charge in [0.2, 0.25) is 0 Å². The molecule has 1 aliphatic heterocycles. The number of nitrogens with one attached hydrogen (secondary N) is 1. The molecule has 0 radical (unpaired) electrons. The van der Waals surface area contributed by atoms with Crippen molar-refractivity contribution >= 4 is 23.2 Å². The first-order chi connectivity index (χ1) is 7.65. The molecule has 0 bridgehead atoms. The van der Waals surface area contributed by atoms with E-state index < -0.39 is 0 Å². The van der Waals surface area contributed by atoms with E-state index >= 15 is 0 Å². The summed E-state index contributed by atoms with van der Waals surface area (Å²) in [6.07, 6.45) is 1.37. The van der Waals surface area contributed by atoms with Crippen LogP contribution in [0.4, 0.5) is 0 Å². The van der Waals surface area contributed by atoms with Crippen molar-refractivity contribution in [1.82, 2.24) is 5.32 Å². The van der Waals surface area contributed by atoms with Gasteiger partial charge in [0.15, 0.2) is 0 Å². The van der Waals surface area contributed by atoms with Crippen molar-refractivity contribution in [3.8, 4) is 0 Å². The Bertz CT molecular complexity index is 370. The molecule has 1 fully saturated rings. The molecule has 0 saturated carbocycles. The Morgan fingerprint density at radius 2 is 2.12 bits per heavy atom. The molecule has 88 valence electrons. The minimum Gasteiger partial charge on any atom is -0.372 e. The zero-order valence-electron chi connectivity index (χ0n) is 9.17. The molecule has 2 rings (SSSR count). The highest BCUT2D eigenvalue weighted by Crippen LogP contribution is 2.23. The van der Waals surface area contributed by atoms with Gasteiger partial charge in [0.05, 0.1) is 22.3 Å². The molecular weight excluding hydrogens is 245 g/mol. The zero-order valence-corrected chi connectivity index (χ0v) is 10.7. The molecular formula is C12H15Cl2NO. The van der Waals surface area contributed by atoms with E-state index in [1.807, 2.05) is 18.2 Å². The van der Waals surface area contributed by atoms with Crippen LogP contribution in [-0.4, -0.2) is 25.3 Å². The molecule has 1 aliphatic rings. The second-order valence-electron chi connectivity index (χ2n) is 4.18. The van der Waals surface area contributed by atoms with Crippen molar-refractivity contribution in [1.29, 1.82) is 0 Å². The second kappa shape index (κ2) is 5.37. The fourth-order valence-corrected chi connectivity index (χ4v) is 2.24. The van der Waals surface area contributed by atoms with Gasteiger partial charge in [0, 0.05) is 13.1 Å². The fraction of sp³-hybridized carbons (Fsp3) is 0.500. The minimum atomic E-state index is 0.223. The molecule has 1 saturated heterocycles. The lowest BCUT2D eigenvalue weighted by atomic mass is 10.1. The maximum atomic E-state index is 5.97. The first-order valence-electron chi connectivity index (χ1n) is 5.45. The number of rotatable bonds is 2. The van der Waals surface area contributed by atoms with E-state index in [2.05, 4.69) is 12.2 Å². The lowest BCUT2D eigenvalue weighted by Crippen LogP contribution is -2.44. The average Bonchev–Trinajstić information content (AvgIpc) is 2.24. The Morgan fingerprint density at radius 1 is 1.31 bits per heavy atom. The Morgan fingerprint density at radius 3 is 2.81 bits per heavy atom. The summed E-state index contributed by atoms with van der Waals surface area (Å²) < 4.78 is 5.82. The number of hydrogen-bond donors (Lipinski definition) is 1. The number of ether oxygens (including phenoxy) is 1. The molecule has 1 N–H and O–H groups in total. The van der Waals surface area contributed by atoms with Crippen LogP contribution in [0.1, 0.15) is 12.5 Å². The third kappa shape index (κ3) is 3.11. The van der Waals surface area contributed by atoms with Crippen LogP contribution < -0.4 is 5.32 Å². The second-order valence-corrected chi connectivity index (χ2v) is 4.99. The third-order valence-electron chi connectivity index (χ3n) is 2.68. The summed E-state index contributed by atoms with van der Waals surface area (Å²) in [5, 5.41) is 4.55. The molecule has 0 aromatic heterocycles. The van der Waals surface area contributed by atoms with Gasteiger partial charge in [0.25, 0.3) is 0 Å². The van der Waals surface area contributed by atoms with E-state index in [1.165, 1.54) is 0 Å². The lowest BCUT2D eigenvalue weighted by Gasteiger charge is -2.28. The molecule has 0 aliphatic carbocycles. The summed E-state index contributed by atoms with van der Waals surface area (Å²) in [5.74, 6) is 0. The van der Waals surface area contributed by atoms with Crippen molar-refractivity contribution in [2.45, 2.75) is 25.6 Å². The maximum absolute atomic E-state index is 5.97. The summed E-state index contributed by atoms with van der Waals surface area (Å²) in [6.45, 7) is 3.90. The van der Waals surface area contributed by atoms with E-state index in [9.17, 15) is 0 Å². The maximum Gasteiger partial charge on any atom is 0.0743 e. The highest BCUT2D eigenvalue weighted by Gasteiger charge is 2.19. The smallest absolute Gasteiger partial charge is 0.0743 e. The van der Waals surface area contributed by atoms with E-state index in [0.717, 1.165) is 25.1 Å². The van der Waals surface area contributed by atoms with Crippen LogP contribution in [0.3, 0.4) is 0 Å². The summed E-state index contributed by atoms with van der Waals surface area (Å²) in [7, 11) is 0. The van der Waals surface area contributed by atoms with Crippen molar-refractivity contribution in [3.05, 3.63) is 33.8 Å². The minimum absolute atomic E-state index is 0.223. The first-order valence-corrected chi connectivity index (χ1v) is 6.21. The van der Waals surface area contributed by atoms with Crippen LogP contribution in [0.5, 0.6) is 0 Å².